The molecule has 168 valence electrons. The Labute approximate surface area is 190 Å². The van der Waals surface area contributed by atoms with Gasteiger partial charge in [0.05, 0.1) is 18.0 Å². The molecule has 4 rings (SSSR count). The SMILES string of the molecule is CC(C)(C)c1cc(NC(=O)Nc2ccc(-c3nc(CCC#N)c4nncc-4n3N)cc2)n[nH]1. The fraction of sp³-hybridized carbons (Fsp3) is 0.273. The Bertz CT molecular complexity index is 1290. The molecule has 5 N–H and O–H groups in total. The Hall–Kier alpha value is -4.46. The lowest BCUT2D eigenvalue weighted by Crippen LogP contribution is -2.20. The summed E-state index contributed by atoms with van der Waals surface area (Å²) in [5, 5.41) is 29.5. The lowest BCUT2D eigenvalue weighted by molar-refractivity contribution is 0.262. The quantitative estimate of drug-likeness (QED) is 0.343. The number of hydrogen-bond acceptors (Lipinski definition) is 7. The normalized spacial score (nSPS) is 11.3. The van der Waals surface area contributed by atoms with Crippen molar-refractivity contribution in [2.24, 2.45) is 0 Å². The number of aryl methyl sites for hydroxylation is 1. The summed E-state index contributed by atoms with van der Waals surface area (Å²) in [6, 6.07) is 10.6. The van der Waals surface area contributed by atoms with Crippen molar-refractivity contribution < 1.29 is 4.79 Å². The zero-order chi connectivity index (χ0) is 23.6. The molecule has 2 aliphatic rings. The number of H-pyrrole nitrogens is 1. The van der Waals surface area contributed by atoms with Crippen molar-refractivity contribution in [2.75, 3.05) is 16.5 Å². The standard InChI is InChI=1S/C22H24N10O/c1-22(2,3)17-11-18(30-29-17)28-21(33)26-14-8-6-13(7-9-14)20-27-15(5-4-10-23)19-16(32(20)24)12-25-31-19/h6-9,11-12H,4-5,24H2,1-3H3,(H3,26,28,29,30,33). The minimum Gasteiger partial charge on any atom is -0.337 e. The van der Waals surface area contributed by atoms with Crippen LogP contribution in [0.1, 0.15) is 38.6 Å². The van der Waals surface area contributed by atoms with Crippen molar-refractivity contribution in [1.29, 1.82) is 5.26 Å². The lowest BCUT2D eigenvalue weighted by Gasteiger charge is -2.15. The average molecular weight is 445 g/mol. The molecule has 0 aliphatic carbocycles. The van der Waals surface area contributed by atoms with E-state index in [4.69, 9.17) is 11.1 Å². The number of nitrogens with zero attached hydrogens (tertiary/aromatic N) is 6. The summed E-state index contributed by atoms with van der Waals surface area (Å²) in [5.41, 5.74) is 4.03. The Kier molecular flexibility index (Phi) is 5.66. The van der Waals surface area contributed by atoms with Gasteiger partial charge in [0.25, 0.3) is 0 Å². The van der Waals surface area contributed by atoms with Crippen LogP contribution >= 0.6 is 0 Å². The third-order valence-corrected chi connectivity index (χ3v) is 5.08. The van der Waals surface area contributed by atoms with Crippen molar-refractivity contribution in [2.45, 2.75) is 39.0 Å². The molecule has 0 spiro atoms. The molecular formula is C22H24N10O. The lowest BCUT2D eigenvalue weighted by atomic mass is 9.92. The molecule has 0 atom stereocenters. The number of rotatable bonds is 5. The molecule has 0 saturated carbocycles. The maximum Gasteiger partial charge on any atom is 0.324 e. The van der Waals surface area contributed by atoms with Gasteiger partial charge in [-0.3, -0.25) is 10.4 Å². The maximum atomic E-state index is 12.4. The van der Waals surface area contributed by atoms with Crippen molar-refractivity contribution >= 4 is 17.5 Å². The first-order chi connectivity index (χ1) is 15.8. The molecule has 11 heteroatoms. The number of aromatic nitrogens is 6. The van der Waals surface area contributed by atoms with Crippen LogP contribution in [0, 0.1) is 11.3 Å². The van der Waals surface area contributed by atoms with E-state index in [2.05, 4.69) is 62.9 Å². The van der Waals surface area contributed by atoms with Crippen LogP contribution in [-0.4, -0.2) is 36.1 Å². The van der Waals surface area contributed by atoms with E-state index in [1.807, 2.05) is 6.07 Å². The number of nitriles is 1. The van der Waals surface area contributed by atoms with E-state index in [0.29, 0.717) is 47.3 Å². The number of nitrogens with one attached hydrogen (secondary N) is 3. The minimum atomic E-state index is -0.407. The van der Waals surface area contributed by atoms with Crippen LogP contribution in [-0.2, 0) is 11.8 Å². The summed E-state index contributed by atoms with van der Waals surface area (Å²) in [6.07, 6.45) is 2.33. The number of nitrogens with two attached hydrogens (primary N) is 1. The fourth-order valence-electron chi connectivity index (χ4n) is 3.29. The summed E-state index contributed by atoms with van der Waals surface area (Å²) in [5.74, 6) is 7.20. The summed E-state index contributed by atoms with van der Waals surface area (Å²) >= 11 is 0. The van der Waals surface area contributed by atoms with Gasteiger partial charge in [-0.1, -0.05) is 20.8 Å². The highest BCUT2D eigenvalue weighted by molar-refractivity contribution is 5.99. The van der Waals surface area contributed by atoms with E-state index in [1.54, 1.807) is 30.5 Å². The smallest absolute Gasteiger partial charge is 0.324 e. The first-order valence-electron chi connectivity index (χ1n) is 10.4. The minimum absolute atomic E-state index is 0.0981. The highest BCUT2D eigenvalue weighted by Gasteiger charge is 2.20. The van der Waals surface area contributed by atoms with Crippen LogP contribution in [0.25, 0.3) is 22.8 Å². The van der Waals surface area contributed by atoms with Gasteiger partial charge in [0.2, 0.25) is 0 Å². The van der Waals surface area contributed by atoms with Crippen molar-refractivity contribution in [3.05, 3.63) is 47.9 Å². The van der Waals surface area contributed by atoms with Gasteiger partial charge in [-0.05, 0) is 24.3 Å². The van der Waals surface area contributed by atoms with E-state index >= 15 is 0 Å². The van der Waals surface area contributed by atoms with E-state index in [9.17, 15) is 4.79 Å². The van der Waals surface area contributed by atoms with Crippen LogP contribution in [0.15, 0.2) is 36.5 Å². The third-order valence-electron chi connectivity index (χ3n) is 5.08. The number of amides is 2. The molecule has 3 heterocycles. The average Bonchev–Trinajstić information content (AvgIpc) is 3.44. The molecule has 0 bridgehead atoms. The number of hydrogen-bond donors (Lipinski definition) is 4. The van der Waals surface area contributed by atoms with E-state index in [-0.39, 0.29) is 5.41 Å². The van der Waals surface area contributed by atoms with Crippen LogP contribution < -0.4 is 16.5 Å². The molecule has 1 aromatic heterocycles. The molecule has 33 heavy (non-hydrogen) atoms. The Morgan fingerprint density at radius 1 is 1.24 bits per heavy atom. The number of carbonyl (C=O) groups excluding carboxylic acids is 1. The Morgan fingerprint density at radius 3 is 2.67 bits per heavy atom. The Balaban J connectivity index is 1.51. The van der Waals surface area contributed by atoms with Gasteiger partial charge >= 0.3 is 6.03 Å². The fourth-order valence-corrected chi connectivity index (χ4v) is 3.29. The summed E-state index contributed by atoms with van der Waals surface area (Å²) in [6.45, 7) is 6.17. The largest absolute Gasteiger partial charge is 0.337 e. The maximum absolute atomic E-state index is 12.4. The molecule has 0 unspecified atom stereocenters. The van der Waals surface area contributed by atoms with E-state index in [1.165, 1.54) is 4.68 Å². The molecular weight excluding hydrogens is 420 g/mol. The van der Waals surface area contributed by atoms with Gasteiger partial charge in [0.1, 0.15) is 11.4 Å². The molecule has 0 radical (unpaired) electrons. The van der Waals surface area contributed by atoms with Crippen molar-refractivity contribution in [3.8, 4) is 28.8 Å². The Morgan fingerprint density at radius 2 is 2.00 bits per heavy atom. The highest BCUT2D eigenvalue weighted by atomic mass is 16.2. The zero-order valence-corrected chi connectivity index (χ0v) is 18.5. The van der Waals surface area contributed by atoms with Gasteiger partial charge in [-0.2, -0.15) is 15.5 Å². The van der Waals surface area contributed by atoms with Crippen LogP contribution in [0.4, 0.5) is 16.3 Å². The third kappa shape index (κ3) is 4.59. The molecule has 0 saturated heterocycles. The predicted octanol–water partition coefficient (Wildman–Crippen LogP) is 3.28. The number of urea groups is 1. The summed E-state index contributed by atoms with van der Waals surface area (Å²) < 4.78 is 1.42. The second kappa shape index (κ2) is 8.58. The van der Waals surface area contributed by atoms with Gasteiger partial charge in [0, 0.05) is 41.3 Å². The highest BCUT2D eigenvalue weighted by Crippen LogP contribution is 2.28. The van der Waals surface area contributed by atoms with Crippen LogP contribution in [0.5, 0.6) is 0 Å². The van der Waals surface area contributed by atoms with Gasteiger partial charge in [0.15, 0.2) is 11.6 Å². The van der Waals surface area contributed by atoms with E-state index < -0.39 is 6.03 Å². The molecule has 1 aromatic carbocycles. The van der Waals surface area contributed by atoms with Gasteiger partial charge < -0.3 is 11.2 Å². The van der Waals surface area contributed by atoms with Crippen LogP contribution in [0.3, 0.4) is 0 Å². The number of anilines is 2. The monoisotopic (exact) mass is 444 g/mol. The summed E-state index contributed by atoms with van der Waals surface area (Å²) in [7, 11) is 0. The van der Waals surface area contributed by atoms with Crippen molar-refractivity contribution in [3.63, 3.8) is 0 Å². The number of benzene rings is 1. The predicted molar refractivity (Wildman–Crippen MR) is 124 cm³/mol. The zero-order valence-electron chi connectivity index (χ0n) is 18.5. The number of fused-ring (bicyclic) bond motifs is 1. The molecule has 11 nitrogen and oxygen atoms in total. The van der Waals surface area contributed by atoms with Crippen molar-refractivity contribution in [1.82, 2.24) is 30.1 Å². The molecule has 0 fully saturated rings. The topological polar surface area (TPSA) is 163 Å². The van der Waals surface area contributed by atoms with Gasteiger partial charge in [-0.25, -0.2) is 14.5 Å². The molecule has 2 amide bonds. The second-order valence-electron chi connectivity index (χ2n) is 8.56. The number of nitrogen functional groups attached to an aromatic ring is 1. The first kappa shape index (κ1) is 21.8. The number of carbonyl (C=O) groups is 1. The molecule has 2 aromatic rings. The number of aromatic amines is 1. The van der Waals surface area contributed by atoms with E-state index in [0.717, 1.165) is 11.3 Å². The van der Waals surface area contributed by atoms with Gasteiger partial charge in [-0.15, -0.1) is 5.10 Å². The second-order valence-corrected chi connectivity index (χ2v) is 8.56. The summed E-state index contributed by atoms with van der Waals surface area (Å²) in [4.78, 5) is 17.0. The first-order valence-corrected chi connectivity index (χ1v) is 10.4. The molecule has 2 aliphatic heterocycles. The van der Waals surface area contributed by atoms with Crippen LogP contribution in [0.2, 0.25) is 0 Å².